The summed E-state index contributed by atoms with van der Waals surface area (Å²) in [6.45, 7) is 1.86. The second-order valence-corrected chi connectivity index (χ2v) is 5.94. The SMILES string of the molecule is COC(=O)CCCN(C)C(=O)CC(NC(C)=O)c1ccc(Cl)cc1. The van der Waals surface area contributed by atoms with E-state index < -0.39 is 6.04 Å². The summed E-state index contributed by atoms with van der Waals surface area (Å²) in [4.78, 5) is 36.4. The van der Waals surface area contributed by atoms with Crippen LogP contribution in [-0.4, -0.2) is 43.4 Å². The number of rotatable bonds is 8. The molecule has 1 unspecified atom stereocenters. The fraction of sp³-hybridized carbons (Fsp3) is 0.471. The summed E-state index contributed by atoms with van der Waals surface area (Å²) in [5.41, 5.74) is 0.811. The molecule has 0 radical (unpaired) electrons. The smallest absolute Gasteiger partial charge is 0.305 e. The van der Waals surface area contributed by atoms with Gasteiger partial charge in [-0.1, -0.05) is 23.7 Å². The molecule has 0 saturated carbocycles. The highest BCUT2D eigenvalue weighted by molar-refractivity contribution is 6.30. The van der Waals surface area contributed by atoms with Crippen molar-refractivity contribution in [3.8, 4) is 0 Å². The first-order valence-electron chi connectivity index (χ1n) is 7.66. The van der Waals surface area contributed by atoms with Crippen LogP contribution in [0, 0.1) is 0 Å². The van der Waals surface area contributed by atoms with Crippen LogP contribution < -0.4 is 5.32 Å². The number of nitrogens with zero attached hydrogens (tertiary/aromatic N) is 1. The van der Waals surface area contributed by atoms with Crippen LogP contribution in [0.2, 0.25) is 5.02 Å². The van der Waals surface area contributed by atoms with Crippen molar-refractivity contribution in [3.63, 3.8) is 0 Å². The standard InChI is InChI=1S/C17H23ClN2O4/c1-12(21)19-15(13-6-8-14(18)9-7-13)11-16(22)20(2)10-4-5-17(23)24-3/h6-9,15H,4-5,10-11H2,1-3H3,(H,19,21). The average Bonchev–Trinajstić information content (AvgIpc) is 2.54. The highest BCUT2D eigenvalue weighted by Gasteiger charge is 2.19. The zero-order valence-corrected chi connectivity index (χ0v) is 14.9. The van der Waals surface area contributed by atoms with E-state index in [9.17, 15) is 14.4 Å². The fourth-order valence-corrected chi connectivity index (χ4v) is 2.34. The number of esters is 1. The molecule has 132 valence electrons. The quantitative estimate of drug-likeness (QED) is 0.727. The summed E-state index contributed by atoms with van der Waals surface area (Å²) in [6, 6.07) is 6.59. The Morgan fingerprint density at radius 2 is 1.88 bits per heavy atom. The number of methoxy groups -OCH3 is 1. The summed E-state index contributed by atoms with van der Waals surface area (Å²) < 4.78 is 4.57. The highest BCUT2D eigenvalue weighted by Crippen LogP contribution is 2.20. The second-order valence-electron chi connectivity index (χ2n) is 5.50. The number of carbonyl (C=O) groups excluding carboxylic acids is 3. The van der Waals surface area contributed by atoms with Gasteiger partial charge in [-0.05, 0) is 24.1 Å². The fourth-order valence-electron chi connectivity index (χ4n) is 2.21. The number of hydrogen-bond acceptors (Lipinski definition) is 4. The van der Waals surface area contributed by atoms with E-state index in [1.54, 1.807) is 36.2 Å². The van der Waals surface area contributed by atoms with Crippen molar-refractivity contribution in [2.24, 2.45) is 0 Å². The molecule has 0 fully saturated rings. The summed E-state index contributed by atoms with van der Waals surface area (Å²) >= 11 is 5.87. The third kappa shape index (κ3) is 7.00. The van der Waals surface area contributed by atoms with Crippen molar-refractivity contribution in [3.05, 3.63) is 34.9 Å². The van der Waals surface area contributed by atoms with Gasteiger partial charge in [0, 0.05) is 32.0 Å². The van der Waals surface area contributed by atoms with Crippen molar-refractivity contribution in [1.29, 1.82) is 0 Å². The lowest BCUT2D eigenvalue weighted by molar-refractivity contribution is -0.141. The third-order valence-electron chi connectivity index (χ3n) is 3.56. The van der Waals surface area contributed by atoms with E-state index in [0.29, 0.717) is 18.0 Å². The van der Waals surface area contributed by atoms with Crippen LogP contribution in [-0.2, 0) is 19.1 Å². The lowest BCUT2D eigenvalue weighted by atomic mass is 10.0. The minimum absolute atomic E-state index is 0.117. The van der Waals surface area contributed by atoms with Crippen molar-refractivity contribution in [2.75, 3.05) is 20.7 Å². The first-order valence-corrected chi connectivity index (χ1v) is 8.04. The molecule has 0 spiro atoms. The van der Waals surface area contributed by atoms with Gasteiger partial charge in [0.2, 0.25) is 11.8 Å². The first-order chi connectivity index (χ1) is 11.3. The molecular formula is C17H23ClN2O4. The summed E-state index contributed by atoms with van der Waals surface area (Å²) in [6.07, 6.45) is 0.928. The Bertz CT molecular complexity index is 574. The molecule has 0 heterocycles. The predicted octanol–water partition coefficient (Wildman–Crippen LogP) is 2.32. The minimum atomic E-state index is -0.421. The van der Waals surface area contributed by atoms with Gasteiger partial charge in [-0.3, -0.25) is 14.4 Å². The van der Waals surface area contributed by atoms with Crippen LogP contribution in [0.25, 0.3) is 0 Å². The average molecular weight is 355 g/mol. The molecular weight excluding hydrogens is 332 g/mol. The Morgan fingerprint density at radius 1 is 1.25 bits per heavy atom. The van der Waals surface area contributed by atoms with E-state index in [-0.39, 0.29) is 30.6 Å². The normalized spacial score (nSPS) is 11.5. The maximum Gasteiger partial charge on any atom is 0.305 e. The highest BCUT2D eigenvalue weighted by atomic mass is 35.5. The topological polar surface area (TPSA) is 75.7 Å². The monoisotopic (exact) mass is 354 g/mol. The zero-order chi connectivity index (χ0) is 18.1. The summed E-state index contributed by atoms with van der Waals surface area (Å²) in [7, 11) is 3.01. The minimum Gasteiger partial charge on any atom is -0.469 e. The predicted molar refractivity (Wildman–Crippen MR) is 91.5 cm³/mol. The van der Waals surface area contributed by atoms with Crippen LogP contribution in [0.15, 0.2) is 24.3 Å². The number of nitrogens with one attached hydrogen (secondary N) is 1. The summed E-state index contributed by atoms with van der Waals surface area (Å²) in [5.74, 6) is -0.627. The van der Waals surface area contributed by atoms with E-state index in [2.05, 4.69) is 10.1 Å². The van der Waals surface area contributed by atoms with Crippen LogP contribution in [0.3, 0.4) is 0 Å². The van der Waals surface area contributed by atoms with Crippen LogP contribution in [0.1, 0.15) is 37.8 Å². The van der Waals surface area contributed by atoms with Gasteiger partial charge in [-0.15, -0.1) is 0 Å². The Labute approximate surface area is 147 Å². The maximum absolute atomic E-state index is 12.4. The molecule has 0 aliphatic carbocycles. The molecule has 0 bridgehead atoms. The largest absolute Gasteiger partial charge is 0.469 e. The molecule has 7 heteroatoms. The Kier molecular flexibility index (Phi) is 8.26. The van der Waals surface area contributed by atoms with Crippen molar-refractivity contribution in [1.82, 2.24) is 10.2 Å². The molecule has 1 atom stereocenters. The zero-order valence-electron chi connectivity index (χ0n) is 14.2. The number of benzene rings is 1. The van der Waals surface area contributed by atoms with Gasteiger partial charge < -0.3 is 15.0 Å². The number of ether oxygens (including phenoxy) is 1. The van der Waals surface area contributed by atoms with Gasteiger partial charge in [0.15, 0.2) is 0 Å². The van der Waals surface area contributed by atoms with Gasteiger partial charge in [0.05, 0.1) is 19.6 Å². The Hall–Kier alpha value is -2.08. The van der Waals surface area contributed by atoms with E-state index in [1.165, 1.54) is 14.0 Å². The van der Waals surface area contributed by atoms with Crippen LogP contribution in [0.4, 0.5) is 0 Å². The number of amides is 2. The van der Waals surface area contributed by atoms with E-state index >= 15 is 0 Å². The second kappa shape index (κ2) is 9.93. The molecule has 0 aliphatic heterocycles. The molecule has 1 rings (SSSR count). The van der Waals surface area contributed by atoms with Crippen LogP contribution >= 0.6 is 11.6 Å². The molecule has 0 aromatic heterocycles. The molecule has 2 amide bonds. The Balaban J connectivity index is 2.64. The van der Waals surface area contributed by atoms with Crippen molar-refractivity contribution in [2.45, 2.75) is 32.2 Å². The number of hydrogen-bond donors (Lipinski definition) is 1. The van der Waals surface area contributed by atoms with E-state index in [4.69, 9.17) is 11.6 Å². The summed E-state index contributed by atoms with van der Waals surface area (Å²) in [5, 5.41) is 3.37. The number of carbonyl (C=O) groups is 3. The lowest BCUT2D eigenvalue weighted by Crippen LogP contribution is -2.34. The molecule has 0 aliphatic rings. The van der Waals surface area contributed by atoms with Gasteiger partial charge in [-0.25, -0.2) is 0 Å². The maximum atomic E-state index is 12.4. The molecule has 6 nitrogen and oxygen atoms in total. The first kappa shape index (κ1) is 20.0. The van der Waals surface area contributed by atoms with E-state index in [1.807, 2.05) is 0 Å². The van der Waals surface area contributed by atoms with Crippen LogP contribution in [0.5, 0.6) is 0 Å². The van der Waals surface area contributed by atoms with Crippen molar-refractivity contribution >= 4 is 29.4 Å². The molecule has 1 aromatic carbocycles. The van der Waals surface area contributed by atoms with Gasteiger partial charge >= 0.3 is 5.97 Å². The van der Waals surface area contributed by atoms with E-state index in [0.717, 1.165) is 5.56 Å². The van der Waals surface area contributed by atoms with Gasteiger partial charge in [0.25, 0.3) is 0 Å². The number of halogens is 1. The van der Waals surface area contributed by atoms with Gasteiger partial charge in [-0.2, -0.15) is 0 Å². The molecule has 24 heavy (non-hydrogen) atoms. The molecule has 1 N–H and O–H groups in total. The molecule has 0 saturated heterocycles. The third-order valence-corrected chi connectivity index (χ3v) is 3.81. The van der Waals surface area contributed by atoms with Crippen molar-refractivity contribution < 1.29 is 19.1 Å². The lowest BCUT2D eigenvalue weighted by Gasteiger charge is -2.22. The van der Waals surface area contributed by atoms with Gasteiger partial charge in [0.1, 0.15) is 0 Å². The molecule has 1 aromatic rings. The Morgan fingerprint density at radius 3 is 2.42 bits per heavy atom.